The molecular weight excluding hydrogens is 548 g/mol. The second kappa shape index (κ2) is 23.5. The Hall–Kier alpha value is -3.02. The molecule has 0 aliphatic heterocycles. The van der Waals surface area contributed by atoms with Crippen LogP contribution >= 0.6 is 0 Å². The fraction of sp³-hybridized carbons (Fsp3) is 0.677. The summed E-state index contributed by atoms with van der Waals surface area (Å²) in [6, 6.07) is 7.90. The molecule has 0 heterocycles. The van der Waals surface area contributed by atoms with Crippen LogP contribution in [0.25, 0.3) is 0 Å². The number of carbonyl (C=O) groups excluding carboxylic acids is 4. The van der Waals surface area contributed by atoms with Gasteiger partial charge in [0.05, 0.1) is 38.2 Å². The van der Waals surface area contributed by atoms with Crippen LogP contribution in [0.15, 0.2) is 30.3 Å². The summed E-state index contributed by atoms with van der Waals surface area (Å²) in [6.45, 7) is 7.68. The summed E-state index contributed by atoms with van der Waals surface area (Å²) in [7, 11) is 0. The number of carbonyl (C=O) groups is 4. The molecule has 0 fully saturated rings. The summed E-state index contributed by atoms with van der Waals surface area (Å²) in [5.74, 6) is -3.75. The number of esters is 4. The van der Waals surface area contributed by atoms with Crippen LogP contribution in [0, 0.1) is 0 Å². The number of hydrogen-bond donors (Lipinski definition) is 0. The Morgan fingerprint density at radius 3 is 1.43 bits per heavy atom. The van der Waals surface area contributed by atoms with Crippen LogP contribution in [0.2, 0.25) is 0 Å². The van der Waals surface area contributed by atoms with Gasteiger partial charge in [0.1, 0.15) is 19.8 Å². The van der Waals surface area contributed by atoms with Gasteiger partial charge in [0, 0.05) is 19.8 Å². The Kier molecular flexibility index (Phi) is 20.7. The Balaban J connectivity index is 3.07. The highest BCUT2D eigenvalue weighted by Crippen LogP contribution is 2.27. The average Bonchev–Trinajstić information content (AvgIpc) is 2.98. The molecule has 0 bridgehead atoms. The number of benzene rings is 1. The van der Waals surface area contributed by atoms with Crippen molar-refractivity contribution in [1.29, 1.82) is 0 Å². The van der Waals surface area contributed by atoms with Crippen LogP contribution in [-0.4, -0.2) is 88.9 Å². The van der Waals surface area contributed by atoms with Crippen LogP contribution in [0.5, 0.6) is 0 Å². The summed E-state index contributed by atoms with van der Waals surface area (Å²) in [4.78, 5) is 52.3. The first kappa shape index (κ1) is 37.0. The third-order valence-corrected chi connectivity index (χ3v) is 5.90. The molecule has 1 aromatic rings. The van der Waals surface area contributed by atoms with E-state index >= 15 is 0 Å². The first-order chi connectivity index (χ1) is 20.4. The van der Waals surface area contributed by atoms with E-state index in [1.165, 1.54) is 12.1 Å². The zero-order valence-corrected chi connectivity index (χ0v) is 25.4. The number of unbranched alkanes of at least 4 members (excludes halogenated alkanes) is 3. The molecule has 0 N–H and O–H groups in total. The first-order valence-electron chi connectivity index (χ1n) is 14.9. The van der Waals surface area contributed by atoms with Gasteiger partial charge >= 0.3 is 23.9 Å². The maximum Gasteiger partial charge on any atom is 0.351 e. The smallest absolute Gasteiger partial charge is 0.351 e. The Morgan fingerprint density at radius 1 is 0.571 bits per heavy atom. The van der Waals surface area contributed by atoms with Gasteiger partial charge in [0.25, 0.3) is 0 Å². The Morgan fingerprint density at radius 2 is 1.00 bits per heavy atom. The molecule has 0 unspecified atom stereocenters. The molecule has 1 rings (SSSR count). The van der Waals surface area contributed by atoms with Crippen molar-refractivity contribution < 1.29 is 52.3 Å². The van der Waals surface area contributed by atoms with E-state index in [4.69, 9.17) is 33.2 Å². The lowest BCUT2D eigenvalue weighted by atomic mass is 9.94. The molecule has 0 aliphatic carbocycles. The minimum atomic E-state index is -2.34. The van der Waals surface area contributed by atoms with Crippen molar-refractivity contribution in [2.24, 2.45) is 0 Å². The molecule has 0 atom stereocenters. The van der Waals surface area contributed by atoms with Gasteiger partial charge in [-0.05, 0) is 31.4 Å². The van der Waals surface area contributed by atoms with Crippen molar-refractivity contribution in [1.82, 2.24) is 0 Å². The molecule has 0 spiro atoms. The molecular formula is C31H48O11. The van der Waals surface area contributed by atoms with E-state index in [0.29, 0.717) is 19.8 Å². The summed E-state index contributed by atoms with van der Waals surface area (Å²) < 4.78 is 37.7. The zero-order chi connectivity index (χ0) is 30.9. The Labute approximate surface area is 249 Å². The van der Waals surface area contributed by atoms with E-state index in [-0.39, 0.29) is 45.2 Å². The third-order valence-electron chi connectivity index (χ3n) is 5.90. The van der Waals surface area contributed by atoms with Crippen LogP contribution in [0.3, 0.4) is 0 Å². The number of rotatable bonds is 25. The molecule has 238 valence electrons. The lowest BCUT2D eigenvalue weighted by Gasteiger charge is -2.30. The lowest BCUT2D eigenvalue weighted by Crippen LogP contribution is -2.49. The van der Waals surface area contributed by atoms with Gasteiger partial charge < -0.3 is 33.2 Å². The van der Waals surface area contributed by atoms with Crippen LogP contribution < -0.4 is 0 Å². The van der Waals surface area contributed by atoms with Gasteiger partial charge in [0.15, 0.2) is 0 Å². The van der Waals surface area contributed by atoms with Gasteiger partial charge in [-0.25, -0.2) is 9.59 Å². The van der Waals surface area contributed by atoms with Crippen molar-refractivity contribution in [2.45, 2.75) is 77.7 Å². The van der Waals surface area contributed by atoms with Gasteiger partial charge in [-0.2, -0.15) is 0 Å². The highest BCUT2D eigenvalue weighted by molar-refractivity contribution is 5.96. The zero-order valence-electron chi connectivity index (χ0n) is 25.4. The second-order valence-electron chi connectivity index (χ2n) is 9.58. The van der Waals surface area contributed by atoms with E-state index in [1.807, 2.05) is 20.8 Å². The fourth-order valence-corrected chi connectivity index (χ4v) is 3.50. The maximum absolute atomic E-state index is 13.5. The van der Waals surface area contributed by atoms with Crippen LogP contribution in [0.4, 0.5) is 0 Å². The first-order valence-corrected chi connectivity index (χ1v) is 14.9. The largest absolute Gasteiger partial charge is 0.463 e. The van der Waals surface area contributed by atoms with Gasteiger partial charge in [0.2, 0.25) is 5.60 Å². The highest BCUT2D eigenvalue weighted by Gasteiger charge is 2.49. The molecule has 0 aliphatic rings. The predicted octanol–water partition coefficient (Wildman–Crippen LogP) is 4.44. The normalized spacial score (nSPS) is 11.1. The van der Waals surface area contributed by atoms with Crippen molar-refractivity contribution >= 4 is 23.9 Å². The predicted molar refractivity (Wildman–Crippen MR) is 154 cm³/mol. The van der Waals surface area contributed by atoms with Crippen LogP contribution in [0.1, 0.15) is 82.5 Å². The topological polar surface area (TPSA) is 133 Å². The van der Waals surface area contributed by atoms with Crippen molar-refractivity contribution in [3.63, 3.8) is 0 Å². The van der Waals surface area contributed by atoms with E-state index in [9.17, 15) is 19.2 Å². The molecule has 0 aromatic heterocycles. The van der Waals surface area contributed by atoms with Gasteiger partial charge in [-0.15, -0.1) is 0 Å². The summed E-state index contributed by atoms with van der Waals surface area (Å²) in [6.07, 6.45) is 3.91. The minimum absolute atomic E-state index is 0.0783. The quantitative estimate of drug-likeness (QED) is 0.0901. The summed E-state index contributed by atoms with van der Waals surface area (Å²) >= 11 is 0. The fourth-order valence-electron chi connectivity index (χ4n) is 3.50. The third kappa shape index (κ3) is 16.4. The van der Waals surface area contributed by atoms with Gasteiger partial charge in [-0.1, -0.05) is 58.2 Å². The van der Waals surface area contributed by atoms with Crippen molar-refractivity contribution in [3.8, 4) is 0 Å². The van der Waals surface area contributed by atoms with E-state index in [0.717, 1.165) is 38.5 Å². The monoisotopic (exact) mass is 596 g/mol. The highest BCUT2D eigenvalue weighted by atomic mass is 16.6. The molecule has 11 nitrogen and oxygen atoms in total. The van der Waals surface area contributed by atoms with Gasteiger partial charge in [-0.3, -0.25) is 9.59 Å². The summed E-state index contributed by atoms with van der Waals surface area (Å²) in [5, 5.41) is 0. The minimum Gasteiger partial charge on any atom is -0.463 e. The number of hydrogen-bond acceptors (Lipinski definition) is 11. The molecule has 0 radical (unpaired) electrons. The Bertz CT molecular complexity index is 858. The average molecular weight is 597 g/mol. The molecule has 11 heteroatoms. The van der Waals surface area contributed by atoms with E-state index in [2.05, 4.69) is 0 Å². The standard InChI is InChI=1S/C31H48O11/c1-4-7-15-36-18-21-39-27(32)24-31(30(35)41-23-20-38-17-9-6-3,42-29(34)26-13-11-10-12-14-26)25-28(33)40-22-19-37-16-8-5-2/h10-14H,4-9,15-25H2,1-3H3. The summed E-state index contributed by atoms with van der Waals surface area (Å²) in [5.41, 5.74) is -2.22. The lowest BCUT2D eigenvalue weighted by molar-refractivity contribution is -0.179. The van der Waals surface area contributed by atoms with E-state index in [1.54, 1.807) is 18.2 Å². The molecule has 0 saturated heterocycles. The number of ether oxygens (including phenoxy) is 7. The molecule has 1 aromatic carbocycles. The SMILES string of the molecule is CCCCOCCOC(=O)CC(CC(=O)OCCOCCCC)(OC(=O)c1ccccc1)C(=O)OCCOCCCC. The van der Waals surface area contributed by atoms with Crippen molar-refractivity contribution in [3.05, 3.63) is 35.9 Å². The second-order valence-corrected chi connectivity index (χ2v) is 9.58. The maximum atomic E-state index is 13.5. The van der Waals surface area contributed by atoms with E-state index < -0.39 is 42.3 Å². The molecule has 0 saturated carbocycles. The van der Waals surface area contributed by atoms with Crippen molar-refractivity contribution in [2.75, 3.05) is 59.5 Å². The molecule has 42 heavy (non-hydrogen) atoms. The van der Waals surface area contributed by atoms with Crippen LogP contribution in [-0.2, 0) is 47.5 Å². The molecule has 0 amide bonds.